The minimum absolute atomic E-state index is 0. The van der Waals surface area contributed by atoms with Crippen molar-refractivity contribution in [2.75, 3.05) is 0 Å². The summed E-state index contributed by atoms with van der Waals surface area (Å²) >= 11 is 0. The van der Waals surface area contributed by atoms with Gasteiger partial charge in [-0.05, 0) is 18.1 Å². The van der Waals surface area contributed by atoms with Crippen LogP contribution in [0.3, 0.4) is 0 Å². The molecule has 2 rings (SSSR count). The molecule has 0 heterocycles. The number of benzene rings is 2. The Morgan fingerprint density at radius 2 is 1.12 bits per heavy atom. The van der Waals surface area contributed by atoms with Gasteiger partial charge in [-0.15, -0.1) is 12.1 Å². The molecule has 0 saturated heterocycles. The minimum Gasteiger partial charge on any atom is -1.00 e. The van der Waals surface area contributed by atoms with Crippen LogP contribution in [0.1, 0.15) is 11.1 Å². The Kier molecular flexibility index (Phi) is 6.57. The second-order valence-corrected chi connectivity index (χ2v) is 3.56. The van der Waals surface area contributed by atoms with Gasteiger partial charge in [0.05, 0.1) is 0 Å². The van der Waals surface area contributed by atoms with Crippen molar-refractivity contribution in [3.05, 3.63) is 66.6 Å². The van der Waals surface area contributed by atoms with Gasteiger partial charge in [-0.2, -0.15) is 24.6 Å². The molecule has 0 saturated carbocycles. The molecule has 0 bridgehead atoms. The zero-order valence-electron chi connectivity index (χ0n) is 9.41. The maximum atomic E-state index is 3.87. The van der Waals surface area contributed by atoms with E-state index in [1.54, 1.807) is 0 Å². The molecule has 78 valence electrons. The summed E-state index contributed by atoms with van der Waals surface area (Å²) in [7, 11) is 0. The monoisotopic (exact) mass is 240 g/mol. The fourth-order valence-electron chi connectivity index (χ4n) is 1.44. The molecule has 2 aromatic rings. The van der Waals surface area contributed by atoms with E-state index >= 15 is 0 Å². The van der Waals surface area contributed by atoms with Gasteiger partial charge in [-0.1, -0.05) is 29.8 Å². The first-order chi connectivity index (χ1) is 6.75. The van der Waals surface area contributed by atoms with E-state index in [-0.39, 0.29) is 35.5 Å². The van der Waals surface area contributed by atoms with Crippen LogP contribution in [0.25, 0.3) is 11.1 Å². The second kappa shape index (κ2) is 6.84. The van der Waals surface area contributed by atoms with Crippen molar-refractivity contribution in [1.82, 2.24) is 0 Å². The summed E-state index contributed by atoms with van der Waals surface area (Å²) in [6, 6.07) is 16.8. The second-order valence-electron chi connectivity index (χ2n) is 3.56. The van der Waals surface area contributed by atoms with Crippen molar-refractivity contribution in [3.63, 3.8) is 0 Å². The van der Waals surface area contributed by atoms with Crippen molar-refractivity contribution in [2.24, 2.45) is 0 Å². The number of halogens is 1. The van der Waals surface area contributed by atoms with Crippen molar-refractivity contribution in [2.45, 2.75) is 6.92 Å². The predicted octanol–water partition coefficient (Wildman–Crippen LogP) is 0.467. The molecule has 0 aliphatic heterocycles. The normalized spacial score (nSPS) is 8.81. The fourth-order valence-corrected chi connectivity index (χ4v) is 1.44. The van der Waals surface area contributed by atoms with Crippen molar-refractivity contribution >= 4 is 23.1 Å². The van der Waals surface area contributed by atoms with E-state index in [2.05, 4.69) is 50.2 Å². The average Bonchev–Trinajstić information content (AvgIpc) is 2.21. The molecule has 0 fully saturated rings. The van der Waals surface area contributed by atoms with Gasteiger partial charge in [0.2, 0.25) is 0 Å². The Bertz CT molecular complexity index is 374. The predicted molar refractivity (Wildman–Crippen MR) is 66.8 cm³/mol. The number of rotatable bonds is 1. The molecule has 0 unspecified atom stereocenters. The Balaban J connectivity index is 0.00000112. The summed E-state index contributed by atoms with van der Waals surface area (Å²) in [5.41, 5.74) is 4.86. The van der Waals surface area contributed by atoms with Crippen LogP contribution in [0.2, 0.25) is 0 Å². The molecule has 0 aliphatic carbocycles. The third-order valence-corrected chi connectivity index (χ3v) is 2.34. The number of hydrogen-bond acceptors (Lipinski definition) is 0. The van der Waals surface area contributed by atoms with Crippen LogP contribution < -0.4 is 12.4 Å². The van der Waals surface area contributed by atoms with Gasteiger partial charge >= 0.3 is 23.1 Å². The number of aryl methyl sites for hydroxylation is 1. The van der Waals surface area contributed by atoms with Gasteiger partial charge in [-0.25, -0.2) is 0 Å². The Hall–Kier alpha value is -0.634. The van der Waals surface area contributed by atoms with Gasteiger partial charge in [0, 0.05) is 0 Å². The zero-order valence-corrected chi connectivity index (χ0v) is 11.6. The molecule has 0 amide bonds. The maximum absolute atomic E-state index is 3.87. The molecule has 0 aromatic heterocycles. The largest absolute Gasteiger partial charge is 2.00 e. The molecule has 0 N–H and O–H groups in total. The third-order valence-electron chi connectivity index (χ3n) is 2.34. The summed E-state index contributed by atoms with van der Waals surface area (Å²) in [6.07, 6.45) is 0. The SMILES string of the molecule is [CH2-]c1ccc(-c2ccc(C)cc2)cc1.[Cl-].[Mg+2]. The minimum atomic E-state index is 0. The van der Waals surface area contributed by atoms with Crippen molar-refractivity contribution in [1.29, 1.82) is 0 Å². The summed E-state index contributed by atoms with van der Waals surface area (Å²) in [4.78, 5) is 0. The Morgan fingerprint density at radius 3 is 1.56 bits per heavy atom. The quantitative estimate of drug-likeness (QED) is 0.502. The first-order valence-electron chi connectivity index (χ1n) is 4.75. The van der Waals surface area contributed by atoms with E-state index in [4.69, 9.17) is 0 Å². The first-order valence-corrected chi connectivity index (χ1v) is 4.75. The molecule has 0 spiro atoms. The molecule has 16 heavy (non-hydrogen) atoms. The van der Waals surface area contributed by atoms with E-state index in [1.165, 1.54) is 16.7 Å². The summed E-state index contributed by atoms with van der Waals surface area (Å²) in [6.45, 7) is 5.97. The Morgan fingerprint density at radius 1 is 0.750 bits per heavy atom. The standard InChI is InChI=1S/C14H13.ClH.Mg/c1-11-3-7-13(8-4-11)14-9-5-12(2)6-10-14;;/h3-10H,1H2,2H3;1H;/q-1;;+2/p-1. The molecule has 2 aromatic carbocycles. The number of hydrogen-bond donors (Lipinski definition) is 0. The van der Waals surface area contributed by atoms with Gasteiger partial charge in [0.25, 0.3) is 0 Å². The van der Waals surface area contributed by atoms with Crippen LogP contribution in [0.15, 0.2) is 48.5 Å². The topological polar surface area (TPSA) is 0 Å². The van der Waals surface area contributed by atoms with Crippen LogP contribution in [0.4, 0.5) is 0 Å². The van der Waals surface area contributed by atoms with E-state index in [1.807, 2.05) is 12.1 Å². The summed E-state index contributed by atoms with van der Waals surface area (Å²) in [5, 5.41) is 0. The van der Waals surface area contributed by atoms with E-state index in [0.29, 0.717) is 0 Å². The first kappa shape index (κ1) is 15.4. The summed E-state index contributed by atoms with van der Waals surface area (Å²) in [5.74, 6) is 0. The van der Waals surface area contributed by atoms with E-state index in [0.717, 1.165) is 5.56 Å². The smallest absolute Gasteiger partial charge is 1.00 e. The molecular formula is C14H13ClMg. The Labute approximate surface area is 120 Å². The van der Waals surface area contributed by atoms with Gasteiger partial charge in [0.15, 0.2) is 0 Å². The molecule has 0 aliphatic rings. The zero-order chi connectivity index (χ0) is 9.97. The van der Waals surface area contributed by atoms with Crippen LogP contribution in [0.5, 0.6) is 0 Å². The average molecular weight is 241 g/mol. The third kappa shape index (κ3) is 3.74. The van der Waals surface area contributed by atoms with Gasteiger partial charge in [0.1, 0.15) is 0 Å². The van der Waals surface area contributed by atoms with Crippen LogP contribution in [-0.4, -0.2) is 23.1 Å². The van der Waals surface area contributed by atoms with Crippen LogP contribution in [-0.2, 0) is 0 Å². The molecule has 0 atom stereocenters. The van der Waals surface area contributed by atoms with Crippen LogP contribution in [0, 0.1) is 13.8 Å². The molecule has 0 nitrogen and oxygen atoms in total. The maximum Gasteiger partial charge on any atom is 2.00 e. The molecular weight excluding hydrogens is 228 g/mol. The van der Waals surface area contributed by atoms with Crippen molar-refractivity contribution in [3.8, 4) is 11.1 Å². The fraction of sp³-hybridized carbons (Fsp3) is 0.0714. The van der Waals surface area contributed by atoms with Crippen LogP contribution >= 0.6 is 0 Å². The summed E-state index contributed by atoms with van der Waals surface area (Å²) < 4.78 is 0. The van der Waals surface area contributed by atoms with Gasteiger partial charge < -0.3 is 12.4 Å². The van der Waals surface area contributed by atoms with E-state index < -0.39 is 0 Å². The van der Waals surface area contributed by atoms with Crippen molar-refractivity contribution < 1.29 is 12.4 Å². The van der Waals surface area contributed by atoms with E-state index in [9.17, 15) is 0 Å². The molecule has 2 heteroatoms. The van der Waals surface area contributed by atoms with Gasteiger partial charge in [-0.3, -0.25) is 0 Å². The molecule has 0 radical (unpaired) electrons.